The van der Waals surface area contributed by atoms with Gasteiger partial charge in [-0.15, -0.1) is 6.58 Å². The Bertz CT molecular complexity index is 1110. The van der Waals surface area contributed by atoms with Crippen molar-refractivity contribution in [2.24, 2.45) is 0 Å². The van der Waals surface area contributed by atoms with Gasteiger partial charge in [-0.05, 0) is 80.1 Å². The summed E-state index contributed by atoms with van der Waals surface area (Å²) in [6, 6.07) is 9.96. The van der Waals surface area contributed by atoms with Crippen LogP contribution < -0.4 is 9.47 Å². The molecule has 0 radical (unpaired) electrons. The molecule has 0 aliphatic carbocycles. The van der Waals surface area contributed by atoms with Gasteiger partial charge in [-0.3, -0.25) is 19.3 Å². The van der Waals surface area contributed by atoms with E-state index in [4.69, 9.17) is 21.1 Å². The number of carbonyl (C=O) groups is 3. The van der Waals surface area contributed by atoms with E-state index in [0.717, 1.165) is 22.2 Å². The molecule has 1 aliphatic rings. The van der Waals surface area contributed by atoms with Gasteiger partial charge in [-0.25, -0.2) is 0 Å². The maximum absolute atomic E-state index is 12.9. The highest BCUT2D eigenvalue weighted by molar-refractivity contribution is 8.18. The molecule has 0 N–H and O–H groups in total. The molecule has 0 unspecified atom stereocenters. The third-order valence-electron chi connectivity index (χ3n) is 4.75. The molecule has 1 heterocycles. The molecule has 0 saturated carbocycles. The maximum Gasteiger partial charge on any atom is 0.293 e. The van der Waals surface area contributed by atoms with Crippen LogP contribution in [0.5, 0.6) is 11.5 Å². The Morgan fingerprint density at radius 3 is 2.45 bits per heavy atom. The number of ether oxygens (including phenoxy) is 2. The van der Waals surface area contributed by atoms with Crippen LogP contribution in [0.3, 0.4) is 0 Å². The smallest absolute Gasteiger partial charge is 0.293 e. The topological polar surface area (TPSA) is 72.9 Å². The number of amides is 2. The monoisotopic (exact) mass is 485 g/mol. The van der Waals surface area contributed by atoms with E-state index < -0.39 is 11.1 Å². The minimum absolute atomic E-state index is 0.236. The molecule has 1 saturated heterocycles. The molecule has 2 aromatic carbocycles. The normalized spacial score (nSPS) is 14.6. The Kier molecular flexibility index (Phi) is 8.36. The van der Waals surface area contributed by atoms with E-state index in [1.165, 1.54) is 0 Å². The van der Waals surface area contributed by atoms with Crippen LogP contribution in [0, 0.1) is 0 Å². The van der Waals surface area contributed by atoms with Gasteiger partial charge in [0.25, 0.3) is 11.1 Å². The van der Waals surface area contributed by atoms with E-state index in [1.807, 2.05) is 19.9 Å². The number of halogens is 1. The molecule has 0 bridgehead atoms. The van der Waals surface area contributed by atoms with E-state index in [9.17, 15) is 14.4 Å². The van der Waals surface area contributed by atoms with Gasteiger partial charge < -0.3 is 9.47 Å². The summed E-state index contributed by atoms with van der Waals surface area (Å²) >= 11 is 6.66. The standard InChI is InChI=1S/C25H24ClNO5S/c1-4-7-18-12-16(13-21(31-5-2)23(18)32-6-3)14-22-24(29)27(25(30)33-22)15-20(28)17-8-10-19(26)11-9-17/h4,8-14H,1,5-7,15H2,2-3H3/b22-14+. The molecule has 8 heteroatoms. The number of rotatable bonds is 10. The third kappa shape index (κ3) is 5.86. The minimum atomic E-state index is -0.510. The van der Waals surface area contributed by atoms with Crippen molar-refractivity contribution in [3.8, 4) is 11.5 Å². The van der Waals surface area contributed by atoms with E-state index in [0.29, 0.717) is 47.3 Å². The molecule has 0 spiro atoms. The van der Waals surface area contributed by atoms with Gasteiger partial charge in [-0.1, -0.05) is 17.7 Å². The first-order valence-electron chi connectivity index (χ1n) is 10.4. The summed E-state index contributed by atoms with van der Waals surface area (Å²) in [6.07, 6.45) is 3.93. The summed E-state index contributed by atoms with van der Waals surface area (Å²) in [4.78, 5) is 39.1. The molecule has 33 heavy (non-hydrogen) atoms. The second-order valence-electron chi connectivity index (χ2n) is 7.06. The number of benzene rings is 2. The zero-order chi connectivity index (χ0) is 24.0. The lowest BCUT2D eigenvalue weighted by Gasteiger charge is -2.16. The maximum atomic E-state index is 12.9. The quantitative estimate of drug-likeness (QED) is 0.241. The van der Waals surface area contributed by atoms with Crippen molar-refractivity contribution in [2.45, 2.75) is 20.3 Å². The van der Waals surface area contributed by atoms with Crippen molar-refractivity contribution < 1.29 is 23.9 Å². The predicted octanol–water partition coefficient (Wildman–Crippen LogP) is 5.79. The minimum Gasteiger partial charge on any atom is -0.490 e. The highest BCUT2D eigenvalue weighted by atomic mass is 35.5. The molecular formula is C25H24ClNO5S. The third-order valence-corrected chi connectivity index (χ3v) is 5.91. The van der Waals surface area contributed by atoms with E-state index in [-0.39, 0.29) is 17.2 Å². The Morgan fingerprint density at radius 1 is 1.12 bits per heavy atom. The van der Waals surface area contributed by atoms with Gasteiger partial charge in [0.15, 0.2) is 17.3 Å². The molecule has 3 rings (SSSR count). The molecule has 0 atom stereocenters. The van der Waals surface area contributed by atoms with Crippen molar-refractivity contribution in [2.75, 3.05) is 19.8 Å². The average molecular weight is 486 g/mol. The molecular weight excluding hydrogens is 462 g/mol. The zero-order valence-electron chi connectivity index (χ0n) is 18.4. The molecule has 1 fully saturated rings. The molecule has 2 amide bonds. The van der Waals surface area contributed by atoms with Crippen molar-refractivity contribution in [3.63, 3.8) is 0 Å². The molecule has 0 aromatic heterocycles. The SMILES string of the molecule is C=CCc1cc(/C=C2/SC(=O)N(CC(=O)c3ccc(Cl)cc3)C2=O)cc(OCC)c1OCC. The van der Waals surface area contributed by atoms with Gasteiger partial charge in [0, 0.05) is 16.1 Å². The number of carbonyl (C=O) groups excluding carboxylic acids is 3. The number of allylic oxidation sites excluding steroid dienone is 1. The fourth-order valence-corrected chi connectivity index (χ4v) is 4.27. The first kappa shape index (κ1) is 24.6. The fourth-order valence-electron chi connectivity index (χ4n) is 3.30. The number of Topliss-reactive ketones (excluding diaryl/α,β-unsaturated/α-hetero) is 1. The van der Waals surface area contributed by atoms with Gasteiger partial charge in [0.05, 0.1) is 24.7 Å². The summed E-state index contributed by atoms with van der Waals surface area (Å²) in [7, 11) is 0. The Morgan fingerprint density at radius 2 is 1.82 bits per heavy atom. The van der Waals surface area contributed by atoms with Gasteiger partial charge >= 0.3 is 0 Å². The Balaban J connectivity index is 1.87. The van der Waals surface area contributed by atoms with E-state index in [1.54, 1.807) is 42.5 Å². The van der Waals surface area contributed by atoms with E-state index in [2.05, 4.69) is 6.58 Å². The largest absolute Gasteiger partial charge is 0.490 e. The lowest BCUT2D eigenvalue weighted by Crippen LogP contribution is -2.33. The van der Waals surface area contributed by atoms with Crippen LogP contribution in [0.1, 0.15) is 35.3 Å². The number of imide groups is 1. The number of hydrogen-bond acceptors (Lipinski definition) is 6. The summed E-state index contributed by atoms with van der Waals surface area (Å²) in [5.74, 6) is 0.341. The second-order valence-corrected chi connectivity index (χ2v) is 8.49. The van der Waals surface area contributed by atoms with Crippen LogP contribution in [0.25, 0.3) is 6.08 Å². The number of thioether (sulfide) groups is 1. The van der Waals surface area contributed by atoms with E-state index >= 15 is 0 Å². The summed E-state index contributed by atoms with van der Waals surface area (Å²) in [5.41, 5.74) is 1.93. The molecule has 2 aromatic rings. The molecule has 172 valence electrons. The zero-order valence-corrected chi connectivity index (χ0v) is 20.0. The number of ketones is 1. The fraction of sp³-hybridized carbons (Fsp3) is 0.240. The Hall–Kier alpha value is -3.03. The first-order chi connectivity index (χ1) is 15.9. The number of nitrogens with zero attached hydrogens (tertiary/aromatic N) is 1. The van der Waals surface area contributed by atoms with Crippen LogP contribution in [-0.4, -0.2) is 41.6 Å². The second kappa shape index (κ2) is 11.2. The van der Waals surface area contributed by atoms with Crippen LogP contribution in [0.2, 0.25) is 5.02 Å². The number of hydrogen-bond donors (Lipinski definition) is 0. The molecule has 1 aliphatic heterocycles. The van der Waals surface area contributed by atoms with Crippen molar-refractivity contribution in [1.82, 2.24) is 4.90 Å². The molecule has 6 nitrogen and oxygen atoms in total. The van der Waals surface area contributed by atoms with Gasteiger partial charge in [0.2, 0.25) is 0 Å². The predicted molar refractivity (Wildman–Crippen MR) is 131 cm³/mol. The van der Waals surface area contributed by atoms with Gasteiger partial charge in [-0.2, -0.15) is 0 Å². The highest BCUT2D eigenvalue weighted by Crippen LogP contribution is 2.37. The van der Waals surface area contributed by atoms with Crippen molar-refractivity contribution in [3.05, 3.63) is 75.7 Å². The van der Waals surface area contributed by atoms with Crippen molar-refractivity contribution >= 4 is 46.4 Å². The van der Waals surface area contributed by atoms with Crippen LogP contribution in [-0.2, 0) is 11.2 Å². The summed E-state index contributed by atoms with van der Waals surface area (Å²) in [6.45, 7) is 8.15. The lowest BCUT2D eigenvalue weighted by molar-refractivity contribution is -0.122. The van der Waals surface area contributed by atoms with Crippen LogP contribution in [0.15, 0.2) is 54.0 Å². The lowest BCUT2D eigenvalue weighted by atomic mass is 10.0. The summed E-state index contributed by atoms with van der Waals surface area (Å²) < 4.78 is 11.5. The summed E-state index contributed by atoms with van der Waals surface area (Å²) in [5, 5.41) is 0.00842. The highest BCUT2D eigenvalue weighted by Gasteiger charge is 2.36. The first-order valence-corrected chi connectivity index (χ1v) is 11.6. The Labute approximate surface area is 202 Å². The van der Waals surface area contributed by atoms with Crippen LogP contribution in [0.4, 0.5) is 4.79 Å². The average Bonchev–Trinajstić information content (AvgIpc) is 3.04. The van der Waals surface area contributed by atoms with Crippen molar-refractivity contribution in [1.29, 1.82) is 0 Å². The van der Waals surface area contributed by atoms with Crippen LogP contribution >= 0.6 is 23.4 Å². The van der Waals surface area contributed by atoms with Gasteiger partial charge in [0.1, 0.15) is 0 Å².